The zero-order valence-electron chi connectivity index (χ0n) is 15.8. The monoisotopic (exact) mass is 349 g/mol. The van der Waals surface area contributed by atoms with Crippen molar-refractivity contribution < 1.29 is 14.2 Å². The van der Waals surface area contributed by atoms with Crippen molar-refractivity contribution in [1.82, 2.24) is 10.2 Å². The Morgan fingerprint density at radius 1 is 1.24 bits per heavy atom. The Hall–Kier alpha value is -1.95. The molecule has 0 spiro atoms. The number of aliphatic imine (C=N–C) groups is 1. The van der Waals surface area contributed by atoms with Crippen LogP contribution in [0.1, 0.15) is 26.7 Å². The summed E-state index contributed by atoms with van der Waals surface area (Å²) in [5.74, 6) is 2.59. The van der Waals surface area contributed by atoms with Crippen LogP contribution < -0.4 is 14.8 Å². The van der Waals surface area contributed by atoms with Gasteiger partial charge in [-0.2, -0.15) is 0 Å². The minimum Gasteiger partial charge on any atom is -0.497 e. The number of nitrogens with zero attached hydrogens (tertiary/aromatic N) is 2. The molecule has 1 saturated heterocycles. The number of methoxy groups -OCH3 is 1. The maximum atomic E-state index is 5.93. The van der Waals surface area contributed by atoms with Gasteiger partial charge >= 0.3 is 0 Å². The maximum Gasteiger partial charge on any atom is 0.193 e. The zero-order chi connectivity index (χ0) is 18.1. The van der Waals surface area contributed by atoms with E-state index in [2.05, 4.69) is 22.1 Å². The van der Waals surface area contributed by atoms with E-state index >= 15 is 0 Å². The summed E-state index contributed by atoms with van der Waals surface area (Å²) in [5, 5.41) is 3.41. The molecule has 1 atom stereocenters. The van der Waals surface area contributed by atoms with Crippen molar-refractivity contribution >= 4 is 5.96 Å². The van der Waals surface area contributed by atoms with Gasteiger partial charge in [0.05, 0.1) is 19.8 Å². The normalized spacial score (nSPS) is 17.3. The Balaban J connectivity index is 1.76. The lowest BCUT2D eigenvalue weighted by molar-refractivity contribution is 0.0263. The minimum atomic E-state index is 0.0334. The molecule has 1 fully saturated rings. The number of hydrogen-bond acceptors (Lipinski definition) is 4. The Morgan fingerprint density at radius 3 is 2.44 bits per heavy atom. The second-order valence-corrected chi connectivity index (χ2v) is 6.17. The van der Waals surface area contributed by atoms with E-state index in [1.54, 1.807) is 7.11 Å². The second kappa shape index (κ2) is 10.1. The molecular weight excluding hydrogens is 318 g/mol. The first kappa shape index (κ1) is 19.4. The van der Waals surface area contributed by atoms with Crippen molar-refractivity contribution in [2.75, 3.05) is 40.4 Å². The third kappa shape index (κ3) is 6.12. The van der Waals surface area contributed by atoms with Crippen LogP contribution in [0, 0.1) is 0 Å². The summed E-state index contributed by atoms with van der Waals surface area (Å²) in [6.45, 7) is 7.53. The SMILES string of the molecule is CCOC1CCN(C(=NC)NCC(C)Oc2ccc(OC)cc2)CC1. The van der Waals surface area contributed by atoms with Crippen LogP contribution in [0.25, 0.3) is 0 Å². The van der Waals surface area contributed by atoms with Crippen molar-refractivity contribution in [3.05, 3.63) is 24.3 Å². The van der Waals surface area contributed by atoms with E-state index in [1.807, 2.05) is 38.2 Å². The lowest BCUT2D eigenvalue weighted by Crippen LogP contribution is -2.48. The van der Waals surface area contributed by atoms with E-state index in [0.717, 1.165) is 50.0 Å². The van der Waals surface area contributed by atoms with Crippen molar-refractivity contribution in [3.8, 4) is 11.5 Å². The van der Waals surface area contributed by atoms with Gasteiger partial charge in [0, 0.05) is 26.7 Å². The van der Waals surface area contributed by atoms with Gasteiger partial charge < -0.3 is 24.4 Å². The highest BCUT2D eigenvalue weighted by atomic mass is 16.5. The van der Waals surface area contributed by atoms with Crippen LogP contribution in [0.5, 0.6) is 11.5 Å². The fraction of sp³-hybridized carbons (Fsp3) is 0.632. The molecular formula is C19H31N3O3. The summed E-state index contributed by atoms with van der Waals surface area (Å²) in [6, 6.07) is 7.64. The predicted molar refractivity (Wildman–Crippen MR) is 101 cm³/mol. The van der Waals surface area contributed by atoms with Gasteiger partial charge in [-0.25, -0.2) is 0 Å². The predicted octanol–water partition coefficient (Wildman–Crippen LogP) is 2.54. The van der Waals surface area contributed by atoms with E-state index < -0.39 is 0 Å². The van der Waals surface area contributed by atoms with Gasteiger partial charge in [-0.05, 0) is 51.0 Å². The van der Waals surface area contributed by atoms with E-state index in [-0.39, 0.29) is 6.10 Å². The molecule has 1 aromatic rings. The number of guanidine groups is 1. The van der Waals surface area contributed by atoms with E-state index in [4.69, 9.17) is 14.2 Å². The Labute approximate surface area is 151 Å². The van der Waals surface area contributed by atoms with Crippen molar-refractivity contribution in [3.63, 3.8) is 0 Å². The molecule has 6 heteroatoms. The molecule has 25 heavy (non-hydrogen) atoms. The Kier molecular flexibility index (Phi) is 7.85. The zero-order valence-corrected chi connectivity index (χ0v) is 15.8. The minimum absolute atomic E-state index is 0.0334. The summed E-state index contributed by atoms with van der Waals surface area (Å²) in [4.78, 5) is 6.69. The van der Waals surface area contributed by atoms with Crippen LogP contribution in [-0.2, 0) is 4.74 Å². The second-order valence-electron chi connectivity index (χ2n) is 6.17. The number of rotatable bonds is 7. The van der Waals surface area contributed by atoms with Crippen molar-refractivity contribution in [2.45, 2.75) is 38.9 Å². The topological polar surface area (TPSA) is 55.3 Å². The van der Waals surface area contributed by atoms with E-state index in [1.165, 1.54) is 0 Å². The lowest BCUT2D eigenvalue weighted by atomic mass is 10.1. The Bertz CT molecular complexity index is 525. The quantitative estimate of drug-likeness (QED) is 0.606. The Morgan fingerprint density at radius 2 is 1.88 bits per heavy atom. The van der Waals surface area contributed by atoms with E-state index in [9.17, 15) is 0 Å². The average molecular weight is 349 g/mol. The summed E-state index contributed by atoms with van der Waals surface area (Å²) in [5.41, 5.74) is 0. The lowest BCUT2D eigenvalue weighted by Gasteiger charge is -2.34. The van der Waals surface area contributed by atoms with Crippen LogP contribution in [0.4, 0.5) is 0 Å². The van der Waals surface area contributed by atoms with Crippen LogP contribution in [0.2, 0.25) is 0 Å². The molecule has 1 aromatic carbocycles. The van der Waals surface area contributed by atoms with Crippen molar-refractivity contribution in [2.24, 2.45) is 4.99 Å². The van der Waals surface area contributed by atoms with Crippen LogP contribution in [0.15, 0.2) is 29.3 Å². The number of benzene rings is 1. The molecule has 140 valence electrons. The first-order valence-corrected chi connectivity index (χ1v) is 9.04. The van der Waals surface area contributed by atoms with Gasteiger partial charge in [0.25, 0.3) is 0 Å². The smallest absolute Gasteiger partial charge is 0.193 e. The van der Waals surface area contributed by atoms with Gasteiger partial charge in [0.2, 0.25) is 0 Å². The van der Waals surface area contributed by atoms with Crippen molar-refractivity contribution in [1.29, 1.82) is 0 Å². The molecule has 1 aliphatic heterocycles. The number of hydrogen-bond donors (Lipinski definition) is 1. The number of likely N-dealkylation sites (tertiary alicyclic amines) is 1. The van der Waals surface area contributed by atoms with Gasteiger partial charge in [-0.15, -0.1) is 0 Å². The summed E-state index contributed by atoms with van der Waals surface area (Å²) in [6.07, 6.45) is 2.52. The molecule has 6 nitrogen and oxygen atoms in total. The third-order valence-corrected chi connectivity index (χ3v) is 4.30. The van der Waals surface area contributed by atoms with Gasteiger partial charge in [0.1, 0.15) is 17.6 Å². The number of nitrogens with one attached hydrogen (secondary N) is 1. The third-order valence-electron chi connectivity index (χ3n) is 4.30. The summed E-state index contributed by atoms with van der Waals surface area (Å²) in [7, 11) is 3.48. The molecule has 1 aliphatic rings. The molecule has 2 rings (SSSR count). The highest BCUT2D eigenvalue weighted by Crippen LogP contribution is 2.18. The number of ether oxygens (including phenoxy) is 3. The molecule has 0 radical (unpaired) electrons. The van der Waals surface area contributed by atoms with Crippen LogP contribution in [-0.4, -0.2) is 63.5 Å². The largest absolute Gasteiger partial charge is 0.497 e. The molecule has 0 amide bonds. The molecule has 0 aromatic heterocycles. The fourth-order valence-corrected chi connectivity index (χ4v) is 2.97. The van der Waals surface area contributed by atoms with Crippen LogP contribution >= 0.6 is 0 Å². The molecule has 1 N–H and O–H groups in total. The molecule has 0 saturated carbocycles. The molecule has 0 bridgehead atoms. The molecule has 0 aliphatic carbocycles. The number of piperidine rings is 1. The van der Waals surface area contributed by atoms with Crippen LogP contribution in [0.3, 0.4) is 0 Å². The van der Waals surface area contributed by atoms with Gasteiger partial charge in [-0.3, -0.25) is 4.99 Å². The summed E-state index contributed by atoms with van der Waals surface area (Å²) >= 11 is 0. The average Bonchev–Trinajstić information content (AvgIpc) is 2.64. The fourth-order valence-electron chi connectivity index (χ4n) is 2.97. The maximum absolute atomic E-state index is 5.93. The van der Waals surface area contributed by atoms with Gasteiger partial charge in [0.15, 0.2) is 5.96 Å². The summed E-state index contributed by atoms with van der Waals surface area (Å²) < 4.78 is 16.8. The standard InChI is InChI=1S/C19H31N3O3/c1-5-24-17-10-12-22(13-11-17)19(20-3)21-14-15(2)25-18-8-6-16(23-4)7-9-18/h6-9,15,17H,5,10-14H2,1-4H3,(H,20,21). The first-order chi connectivity index (χ1) is 12.2. The van der Waals surface area contributed by atoms with E-state index in [0.29, 0.717) is 12.6 Å². The molecule has 1 heterocycles. The van der Waals surface area contributed by atoms with Gasteiger partial charge in [-0.1, -0.05) is 0 Å². The highest BCUT2D eigenvalue weighted by molar-refractivity contribution is 5.80. The first-order valence-electron chi connectivity index (χ1n) is 9.04. The highest BCUT2D eigenvalue weighted by Gasteiger charge is 2.21. The molecule has 1 unspecified atom stereocenters.